The van der Waals surface area contributed by atoms with Gasteiger partial charge in [-0.2, -0.15) is 0 Å². The van der Waals surface area contributed by atoms with Gasteiger partial charge < -0.3 is 5.11 Å². The predicted molar refractivity (Wildman–Crippen MR) is 90.7 cm³/mol. The molecule has 0 bridgehead atoms. The van der Waals surface area contributed by atoms with Gasteiger partial charge in [0.1, 0.15) is 0 Å². The van der Waals surface area contributed by atoms with E-state index in [4.69, 9.17) is 21.8 Å². The van der Waals surface area contributed by atoms with Crippen LogP contribution in [0.2, 0.25) is 5.02 Å². The number of nitrogens with two attached hydrogens (primary N) is 1. The van der Waals surface area contributed by atoms with E-state index in [1.807, 2.05) is 30.3 Å². The fourth-order valence-corrected chi connectivity index (χ4v) is 4.37. The van der Waals surface area contributed by atoms with Crippen LogP contribution in [0, 0.1) is 0 Å². The lowest BCUT2D eigenvalue weighted by atomic mass is 10.2. The Morgan fingerprint density at radius 1 is 1.22 bits per heavy atom. The average molecular weight is 372 g/mol. The van der Waals surface area contributed by atoms with Crippen LogP contribution in [-0.2, 0) is 16.4 Å². The molecule has 2 aromatic rings. The summed E-state index contributed by atoms with van der Waals surface area (Å²) in [5.41, 5.74) is 0.827. The van der Waals surface area contributed by atoms with Crippen LogP contribution in [0.1, 0.15) is 15.9 Å². The molecule has 5 nitrogen and oxygen atoms in total. The molecule has 0 aromatic heterocycles. The van der Waals surface area contributed by atoms with Gasteiger partial charge in [-0.25, -0.2) is 18.4 Å². The number of aromatic carboxylic acids is 1. The first-order chi connectivity index (χ1) is 10.8. The zero-order chi connectivity index (χ0) is 17.0. The van der Waals surface area contributed by atoms with Crippen molar-refractivity contribution >= 4 is 39.4 Å². The third-order valence-electron chi connectivity index (χ3n) is 3.06. The molecule has 122 valence electrons. The minimum absolute atomic E-state index is 0.0212. The van der Waals surface area contributed by atoms with Crippen LogP contribution in [0.5, 0.6) is 0 Å². The van der Waals surface area contributed by atoms with E-state index in [-0.39, 0.29) is 15.5 Å². The fourth-order valence-electron chi connectivity index (χ4n) is 1.96. The van der Waals surface area contributed by atoms with E-state index in [0.29, 0.717) is 10.6 Å². The summed E-state index contributed by atoms with van der Waals surface area (Å²) in [6.07, 6.45) is 0.730. The second-order valence-corrected chi connectivity index (χ2v) is 7.79. The number of carbonyl (C=O) groups is 1. The smallest absolute Gasteiger partial charge is 0.337 e. The van der Waals surface area contributed by atoms with E-state index < -0.39 is 16.0 Å². The molecule has 0 aliphatic rings. The third-order valence-corrected chi connectivity index (χ3v) is 5.51. The molecule has 0 fully saturated rings. The second-order valence-electron chi connectivity index (χ2n) is 4.71. The number of benzene rings is 2. The number of carboxylic acid groups (broad SMARTS) is 1. The van der Waals surface area contributed by atoms with Gasteiger partial charge in [-0.1, -0.05) is 41.9 Å². The van der Waals surface area contributed by atoms with Crippen molar-refractivity contribution in [2.75, 3.05) is 5.75 Å². The Morgan fingerprint density at radius 2 is 1.87 bits per heavy atom. The quantitative estimate of drug-likeness (QED) is 0.760. The number of hydrogen-bond donors (Lipinski definition) is 2. The van der Waals surface area contributed by atoms with Crippen molar-refractivity contribution < 1.29 is 18.3 Å². The Hall–Kier alpha value is -1.54. The Labute approximate surface area is 143 Å². The van der Waals surface area contributed by atoms with Crippen molar-refractivity contribution in [1.82, 2.24) is 0 Å². The van der Waals surface area contributed by atoms with Crippen molar-refractivity contribution in [3.8, 4) is 0 Å². The minimum Gasteiger partial charge on any atom is -0.478 e. The maximum Gasteiger partial charge on any atom is 0.337 e. The molecule has 2 aromatic carbocycles. The van der Waals surface area contributed by atoms with Gasteiger partial charge in [0.25, 0.3) is 0 Å². The van der Waals surface area contributed by atoms with Crippen LogP contribution in [-0.4, -0.2) is 25.2 Å². The van der Waals surface area contributed by atoms with Gasteiger partial charge in [0.15, 0.2) is 0 Å². The van der Waals surface area contributed by atoms with Crippen LogP contribution in [0.25, 0.3) is 0 Å². The van der Waals surface area contributed by atoms with Gasteiger partial charge in [-0.15, -0.1) is 11.8 Å². The molecule has 0 spiro atoms. The summed E-state index contributed by atoms with van der Waals surface area (Å²) in [4.78, 5) is 11.2. The molecule has 8 heteroatoms. The number of thioether (sulfide) groups is 1. The molecule has 23 heavy (non-hydrogen) atoms. The molecule has 2 rings (SSSR count). The minimum atomic E-state index is -4.04. The summed E-state index contributed by atoms with van der Waals surface area (Å²) in [6, 6.07) is 12.1. The van der Waals surface area contributed by atoms with E-state index in [2.05, 4.69) is 0 Å². The predicted octanol–water partition coefficient (Wildman–Crippen LogP) is 3.02. The first-order valence-corrected chi connectivity index (χ1v) is 9.46. The van der Waals surface area contributed by atoms with Crippen molar-refractivity contribution in [3.63, 3.8) is 0 Å². The van der Waals surface area contributed by atoms with E-state index >= 15 is 0 Å². The molecule has 0 saturated carbocycles. The van der Waals surface area contributed by atoms with E-state index in [0.717, 1.165) is 18.1 Å². The van der Waals surface area contributed by atoms with E-state index in [1.165, 1.54) is 17.8 Å². The largest absolute Gasteiger partial charge is 0.478 e. The SMILES string of the molecule is NS(=O)(=O)c1cc(C(=O)O)c(Cl)cc1SCCc1ccccc1. The van der Waals surface area contributed by atoms with Gasteiger partial charge in [0.05, 0.1) is 15.5 Å². The van der Waals surface area contributed by atoms with Crippen LogP contribution < -0.4 is 5.14 Å². The number of primary sulfonamides is 1. The summed E-state index contributed by atoms with van der Waals surface area (Å²) >= 11 is 7.18. The molecule has 0 aliphatic heterocycles. The van der Waals surface area contributed by atoms with Crippen LogP contribution in [0.15, 0.2) is 52.3 Å². The molecule has 0 amide bonds. The normalized spacial score (nSPS) is 11.4. The highest BCUT2D eigenvalue weighted by atomic mass is 35.5. The molecular formula is C15H14ClNO4S2. The van der Waals surface area contributed by atoms with Gasteiger partial charge in [0.2, 0.25) is 10.0 Å². The Kier molecular flexibility index (Phi) is 5.69. The molecule has 0 radical (unpaired) electrons. The maximum atomic E-state index is 11.7. The number of rotatable bonds is 6. The lowest BCUT2D eigenvalue weighted by molar-refractivity contribution is 0.0696. The van der Waals surface area contributed by atoms with Gasteiger partial charge in [0, 0.05) is 10.6 Å². The summed E-state index contributed by atoms with van der Waals surface area (Å²) in [5.74, 6) is -0.698. The lowest BCUT2D eigenvalue weighted by Gasteiger charge is -2.10. The zero-order valence-corrected chi connectivity index (χ0v) is 14.3. The van der Waals surface area contributed by atoms with E-state index in [9.17, 15) is 13.2 Å². The standard InChI is InChI=1S/C15H14ClNO4S2/c16-12-9-13(22-7-6-10-4-2-1-3-5-10)14(23(17,20)21)8-11(12)15(18)19/h1-5,8-9H,6-7H2,(H,18,19)(H2,17,20,21). The molecule has 0 saturated heterocycles. The highest BCUT2D eigenvalue weighted by Gasteiger charge is 2.20. The van der Waals surface area contributed by atoms with Crippen LogP contribution >= 0.6 is 23.4 Å². The number of hydrogen-bond acceptors (Lipinski definition) is 4. The summed E-state index contributed by atoms with van der Waals surface area (Å²) < 4.78 is 23.4. The highest BCUT2D eigenvalue weighted by Crippen LogP contribution is 2.32. The van der Waals surface area contributed by atoms with Crippen molar-refractivity contribution in [3.05, 3.63) is 58.6 Å². The fraction of sp³-hybridized carbons (Fsp3) is 0.133. The third kappa shape index (κ3) is 4.71. The number of aryl methyl sites for hydroxylation is 1. The Bertz CT molecular complexity index is 823. The second kappa shape index (κ2) is 7.35. The number of carboxylic acids is 1. The molecule has 0 heterocycles. The highest BCUT2D eigenvalue weighted by molar-refractivity contribution is 8.00. The molecule has 0 unspecified atom stereocenters. The topological polar surface area (TPSA) is 97.5 Å². The van der Waals surface area contributed by atoms with Crippen molar-refractivity contribution in [2.45, 2.75) is 16.2 Å². The van der Waals surface area contributed by atoms with E-state index in [1.54, 1.807) is 0 Å². The zero-order valence-electron chi connectivity index (χ0n) is 11.9. The average Bonchev–Trinajstić information content (AvgIpc) is 2.46. The summed E-state index contributed by atoms with van der Waals surface area (Å²) in [6.45, 7) is 0. The van der Waals surface area contributed by atoms with Crippen LogP contribution in [0.4, 0.5) is 0 Å². The number of halogens is 1. The Morgan fingerprint density at radius 3 is 2.43 bits per heavy atom. The van der Waals surface area contributed by atoms with Crippen molar-refractivity contribution in [2.24, 2.45) is 5.14 Å². The molecular weight excluding hydrogens is 358 g/mol. The van der Waals surface area contributed by atoms with Gasteiger partial charge in [-0.05, 0) is 24.1 Å². The van der Waals surface area contributed by atoms with Gasteiger partial charge >= 0.3 is 5.97 Å². The summed E-state index contributed by atoms with van der Waals surface area (Å²) in [5, 5.41) is 14.2. The van der Waals surface area contributed by atoms with Gasteiger partial charge in [-0.3, -0.25) is 0 Å². The molecule has 0 atom stereocenters. The monoisotopic (exact) mass is 371 g/mol. The number of sulfonamides is 1. The maximum absolute atomic E-state index is 11.7. The molecule has 3 N–H and O–H groups in total. The summed E-state index contributed by atoms with van der Waals surface area (Å²) in [7, 11) is -4.04. The first kappa shape index (κ1) is 17.8. The molecule has 0 aliphatic carbocycles. The Balaban J connectivity index is 2.27. The van der Waals surface area contributed by atoms with Crippen molar-refractivity contribution in [1.29, 1.82) is 0 Å². The lowest BCUT2D eigenvalue weighted by Crippen LogP contribution is -2.15. The van der Waals surface area contributed by atoms with Crippen LogP contribution in [0.3, 0.4) is 0 Å². The first-order valence-electron chi connectivity index (χ1n) is 6.55.